The van der Waals surface area contributed by atoms with Gasteiger partial charge in [0.25, 0.3) is 0 Å². The van der Waals surface area contributed by atoms with E-state index in [1.807, 2.05) is 0 Å². The molecular weight excluding hydrogens is 274 g/mol. The molecule has 0 spiro atoms. The molecule has 0 N–H and O–H groups in total. The second-order valence-electron chi connectivity index (χ2n) is 3.80. The number of ether oxygens (including phenoxy) is 1. The van der Waals surface area contributed by atoms with Crippen molar-refractivity contribution in [3.63, 3.8) is 0 Å². The van der Waals surface area contributed by atoms with Gasteiger partial charge in [-0.1, -0.05) is 23.7 Å². The monoisotopic (exact) mass is 282 g/mol. The second-order valence-corrected chi connectivity index (χ2v) is 4.21. The molecule has 0 aliphatic heterocycles. The molecular formula is C14H9ClF2O2. The van der Waals surface area contributed by atoms with Crippen LogP contribution in [0.15, 0.2) is 36.4 Å². The van der Waals surface area contributed by atoms with Gasteiger partial charge in [0.2, 0.25) is 0 Å². The maximum Gasteiger partial charge on any atom is 0.165 e. The molecule has 0 bridgehead atoms. The number of carbonyl (C=O) groups is 1. The van der Waals surface area contributed by atoms with Crippen LogP contribution >= 0.6 is 11.6 Å². The number of rotatable bonds is 4. The first-order valence-corrected chi connectivity index (χ1v) is 5.80. The average Bonchev–Trinajstić information content (AvgIpc) is 2.39. The van der Waals surface area contributed by atoms with Crippen LogP contribution in [0, 0.1) is 11.6 Å². The molecule has 2 nitrogen and oxygen atoms in total. The van der Waals surface area contributed by atoms with E-state index in [0.717, 1.165) is 6.07 Å². The number of halogens is 3. The molecule has 0 aliphatic rings. The van der Waals surface area contributed by atoms with Gasteiger partial charge >= 0.3 is 0 Å². The second kappa shape index (κ2) is 5.80. The van der Waals surface area contributed by atoms with Crippen molar-refractivity contribution in [2.75, 3.05) is 0 Å². The van der Waals surface area contributed by atoms with Crippen LogP contribution in [0.1, 0.15) is 15.9 Å². The summed E-state index contributed by atoms with van der Waals surface area (Å²) in [5, 5.41) is 0.184. The Kier molecular flexibility index (Phi) is 4.12. The quantitative estimate of drug-likeness (QED) is 0.792. The summed E-state index contributed by atoms with van der Waals surface area (Å²) in [5.41, 5.74) is 0.612. The molecule has 0 heterocycles. The molecule has 0 amide bonds. The first-order chi connectivity index (χ1) is 9.11. The van der Waals surface area contributed by atoms with Gasteiger partial charge in [-0.2, -0.15) is 0 Å². The average molecular weight is 283 g/mol. The van der Waals surface area contributed by atoms with E-state index in [-0.39, 0.29) is 22.9 Å². The Labute approximate surface area is 113 Å². The lowest BCUT2D eigenvalue weighted by Crippen LogP contribution is -2.01. The Bertz CT molecular complexity index is 614. The van der Waals surface area contributed by atoms with Gasteiger partial charge in [-0.25, -0.2) is 8.78 Å². The minimum Gasteiger partial charge on any atom is -0.485 e. The van der Waals surface area contributed by atoms with Crippen LogP contribution in [0.3, 0.4) is 0 Å². The fourth-order valence-electron chi connectivity index (χ4n) is 1.56. The molecule has 0 fully saturated rings. The Hall–Kier alpha value is -1.94. The standard InChI is InChI=1S/C14H9ClF2O2/c15-12-6-11(16)5-4-10(12)8-19-14-9(7-18)2-1-3-13(14)17/h1-7H,8H2. The highest BCUT2D eigenvalue weighted by Gasteiger charge is 2.10. The lowest BCUT2D eigenvalue weighted by Gasteiger charge is -2.10. The van der Waals surface area contributed by atoms with Crippen molar-refractivity contribution in [2.24, 2.45) is 0 Å². The molecule has 0 saturated heterocycles. The number of para-hydroxylation sites is 1. The van der Waals surface area contributed by atoms with Crippen molar-refractivity contribution in [2.45, 2.75) is 6.61 Å². The Balaban J connectivity index is 2.21. The number of hydrogen-bond acceptors (Lipinski definition) is 2. The third-order valence-corrected chi connectivity index (χ3v) is 2.86. The van der Waals surface area contributed by atoms with Crippen molar-refractivity contribution in [1.29, 1.82) is 0 Å². The molecule has 0 aliphatic carbocycles. The van der Waals surface area contributed by atoms with Crippen LogP contribution in [0.2, 0.25) is 5.02 Å². The number of hydrogen-bond donors (Lipinski definition) is 0. The highest BCUT2D eigenvalue weighted by molar-refractivity contribution is 6.31. The highest BCUT2D eigenvalue weighted by atomic mass is 35.5. The zero-order chi connectivity index (χ0) is 13.8. The van der Waals surface area contributed by atoms with Crippen LogP contribution < -0.4 is 4.74 Å². The first kappa shape index (κ1) is 13.5. The molecule has 0 saturated carbocycles. The van der Waals surface area contributed by atoms with E-state index in [9.17, 15) is 13.6 Å². The lowest BCUT2D eigenvalue weighted by molar-refractivity contribution is 0.111. The normalized spacial score (nSPS) is 10.3. The summed E-state index contributed by atoms with van der Waals surface area (Å²) >= 11 is 5.83. The van der Waals surface area contributed by atoms with Gasteiger partial charge in [0, 0.05) is 5.56 Å². The van der Waals surface area contributed by atoms with Gasteiger partial charge in [-0.15, -0.1) is 0 Å². The molecule has 2 aromatic carbocycles. The summed E-state index contributed by atoms with van der Waals surface area (Å²) in [7, 11) is 0. The van der Waals surface area contributed by atoms with Crippen LogP contribution in [-0.4, -0.2) is 6.29 Å². The van der Waals surface area contributed by atoms with Gasteiger partial charge in [0.05, 0.1) is 10.6 Å². The molecule has 0 unspecified atom stereocenters. The molecule has 5 heteroatoms. The highest BCUT2D eigenvalue weighted by Crippen LogP contribution is 2.24. The van der Waals surface area contributed by atoms with E-state index in [4.69, 9.17) is 16.3 Å². The summed E-state index contributed by atoms with van der Waals surface area (Å²) < 4.78 is 31.6. The van der Waals surface area contributed by atoms with Gasteiger partial charge in [0.1, 0.15) is 12.4 Å². The predicted octanol–water partition coefficient (Wildman–Crippen LogP) is 4.01. The summed E-state index contributed by atoms with van der Waals surface area (Å²) in [6, 6.07) is 7.86. The van der Waals surface area contributed by atoms with Crippen molar-refractivity contribution < 1.29 is 18.3 Å². The molecule has 2 rings (SSSR count). The van der Waals surface area contributed by atoms with Crippen molar-refractivity contribution >= 4 is 17.9 Å². The summed E-state index contributed by atoms with van der Waals surface area (Å²) in [5.74, 6) is -1.24. The summed E-state index contributed by atoms with van der Waals surface area (Å²) in [6.45, 7) is -0.0547. The molecule has 0 atom stereocenters. The van der Waals surface area contributed by atoms with Gasteiger partial charge in [0.15, 0.2) is 17.9 Å². The largest absolute Gasteiger partial charge is 0.485 e. The third kappa shape index (κ3) is 3.09. The van der Waals surface area contributed by atoms with Crippen LogP contribution in [0.5, 0.6) is 5.75 Å². The van der Waals surface area contributed by atoms with Crippen LogP contribution in [0.25, 0.3) is 0 Å². The molecule has 2 aromatic rings. The minimum atomic E-state index is -0.636. The van der Waals surface area contributed by atoms with E-state index in [0.29, 0.717) is 11.8 Å². The van der Waals surface area contributed by atoms with E-state index >= 15 is 0 Å². The maximum atomic E-state index is 13.5. The van der Waals surface area contributed by atoms with E-state index in [2.05, 4.69) is 0 Å². The molecule has 0 aromatic heterocycles. The number of carbonyl (C=O) groups excluding carboxylic acids is 1. The van der Waals surface area contributed by atoms with Gasteiger partial charge in [-0.05, 0) is 24.3 Å². The fourth-order valence-corrected chi connectivity index (χ4v) is 1.78. The first-order valence-electron chi connectivity index (χ1n) is 5.42. The van der Waals surface area contributed by atoms with Gasteiger partial charge < -0.3 is 4.74 Å². The van der Waals surface area contributed by atoms with E-state index in [1.54, 1.807) is 0 Å². The smallest absolute Gasteiger partial charge is 0.165 e. The van der Waals surface area contributed by atoms with Crippen LogP contribution in [-0.2, 0) is 6.61 Å². The van der Waals surface area contributed by atoms with Crippen molar-refractivity contribution in [3.05, 3.63) is 64.2 Å². The lowest BCUT2D eigenvalue weighted by atomic mass is 10.2. The Morgan fingerprint density at radius 2 is 2.00 bits per heavy atom. The fraction of sp³-hybridized carbons (Fsp3) is 0.0714. The molecule has 19 heavy (non-hydrogen) atoms. The maximum absolute atomic E-state index is 13.5. The topological polar surface area (TPSA) is 26.3 Å². The molecule has 0 radical (unpaired) electrons. The number of aldehydes is 1. The van der Waals surface area contributed by atoms with Gasteiger partial charge in [-0.3, -0.25) is 4.79 Å². The third-order valence-electron chi connectivity index (χ3n) is 2.51. The van der Waals surface area contributed by atoms with E-state index in [1.165, 1.54) is 30.3 Å². The van der Waals surface area contributed by atoms with Crippen molar-refractivity contribution in [1.82, 2.24) is 0 Å². The van der Waals surface area contributed by atoms with Crippen molar-refractivity contribution in [3.8, 4) is 5.75 Å². The molecule has 98 valence electrons. The number of benzene rings is 2. The van der Waals surface area contributed by atoms with Crippen LogP contribution in [0.4, 0.5) is 8.78 Å². The Morgan fingerprint density at radius 3 is 2.68 bits per heavy atom. The summed E-state index contributed by atoms with van der Waals surface area (Å²) in [4.78, 5) is 10.8. The Morgan fingerprint density at radius 1 is 1.21 bits per heavy atom. The minimum absolute atomic E-state index is 0.0547. The SMILES string of the molecule is O=Cc1cccc(F)c1OCc1ccc(F)cc1Cl. The predicted molar refractivity (Wildman–Crippen MR) is 67.5 cm³/mol. The zero-order valence-electron chi connectivity index (χ0n) is 9.70. The summed E-state index contributed by atoms with van der Waals surface area (Å²) in [6.07, 6.45) is 0.505. The zero-order valence-corrected chi connectivity index (χ0v) is 10.5. The van der Waals surface area contributed by atoms with E-state index < -0.39 is 11.6 Å².